The molecule has 1 N–H and O–H groups in total. The second-order valence-corrected chi connectivity index (χ2v) is 5.22. The molecule has 5 nitrogen and oxygen atoms in total. The number of carbonyl (C=O) groups excluding carboxylic acids is 1. The zero-order chi connectivity index (χ0) is 13.7. The predicted octanol–water partition coefficient (Wildman–Crippen LogP) is 1.54. The molecule has 1 aromatic rings. The molecule has 1 amide bonds. The number of aliphatic carboxylic acids is 1. The van der Waals surface area contributed by atoms with Crippen molar-refractivity contribution in [1.82, 2.24) is 4.90 Å². The monoisotopic (exact) mass is 271 g/mol. The van der Waals surface area contributed by atoms with E-state index < -0.39 is 5.97 Å². The summed E-state index contributed by atoms with van der Waals surface area (Å²) in [5.41, 5.74) is 1.05. The molecule has 6 heteroatoms. The Balaban J connectivity index is 2.83. The van der Waals surface area contributed by atoms with Crippen LogP contribution in [0.3, 0.4) is 0 Å². The molecule has 0 spiro atoms. The van der Waals surface area contributed by atoms with Crippen molar-refractivity contribution >= 4 is 23.2 Å². The molecule has 0 radical (unpaired) electrons. The molecule has 1 rings (SSSR count). The summed E-state index contributed by atoms with van der Waals surface area (Å²) in [6.07, 6.45) is 0. The summed E-state index contributed by atoms with van der Waals surface area (Å²) < 4.78 is 4.89. The Morgan fingerprint density at radius 3 is 2.56 bits per heavy atom. The van der Waals surface area contributed by atoms with E-state index in [4.69, 9.17) is 9.84 Å². The molecule has 0 saturated heterocycles. The smallest absolute Gasteiger partial charge is 0.323 e. The van der Waals surface area contributed by atoms with Crippen molar-refractivity contribution in [2.24, 2.45) is 0 Å². The first kappa shape index (κ1) is 14.7. The van der Waals surface area contributed by atoms with Gasteiger partial charge >= 0.3 is 5.97 Å². The van der Waals surface area contributed by atoms with Crippen molar-refractivity contribution in [3.8, 4) is 0 Å². The number of carbonyl (C=O) groups is 2. The highest BCUT2D eigenvalue weighted by molar-refractivity contribution is 7.14. The molecule has 18 heavy (non-hydrogen) atoms. The number of carboxylic acids is 1. The zero-order valence-electron chi connectivity index (χ0n) is 10.7. The van der Waals surface area contributed by atoms with E-state index in [9.17, 15) is 9.59 Å². The van der Waals surface area contributed by atoms with Gasteiger partial charge < -0.3 is 14.7 Å². The van der Waals surface area contributed by atoms with E-state index in [1.165, 1.54) is 23.3 Å². The lowest BCUT2D eigenvalue weighted by atomic mass is 10.2. The number of aryl methyl sites for hydroxylation is 2. The molecule has 0 aliphatic carbocycles. The van der Waals surface area contributed by atoms with Gasteiger partial charge in [0.05, 0.1) is 11.5 Å². The SMILES string of the molecule is COCCN(CC(=O)O)C(=O)c1cc(C)c(C)s1. The van der Waals surface area contributed by atoms with E-state index >= 15 is 0 Å². The van der Waals surface area contributed by atoms with E-state index in [-0.39, 0.29) is 19.0 Å². The summed E-state index contributed by atoms with van der Waals surface area (Å²) >= 11 is 1.39. The molecule has 0 unspecified atom stereocenters. The Hall–Kier alpha value is -1.40. The van der Waals surface area contributed by atoms with Gasteiger partial charge in [-0.3, -0.25) is 9.59 Å². The average molecular weight is 271 g/mol. The number of rotatable bonds is 6. The van der Waals surface area contributed by atoms with Gasteiger partial charge in [-0.05, 0) is 25.5 Å². The summed E-state index contributed by atoms with van der Waals surface area (Å²) in [5.74, 6) is -1.28. The third kappa shape index (κ3) is 3.82. The van der Waals surface area contributed by atoms with Gasteiger partial charge in [-0.25, -0.2) is 0 Å². The summed E-state index contributed by atoms with van der Waals surface area (Å²) in [6, 6.07) is 1.80. The molecule has 0 fully saturated rings. The maximum atomic E-state index is 12.2. The Labute approximate surface area is 110 Å². The molecular formula is C12H17NO4S. The summed E-state index contributed by atoms with van der Waals surface area (Å²) in [5, 5.41) is 8.81. The van der Waals surface area contributed by atoms with Crippen LogP contribution in [0.2, 0.25) is 0 Å². The first-order valence-corrected chi connectivity index (χ1v) is 6.34. The van der Waals surface area contributed by atoms with E-state index in [1.54, 1.807) is 6.07 Å². The maximum Gasteiger partial charge on any atom is 0.323 e. The van der Waals surface area contributed by atoms with Crippen molar-refractivity contribution < 1.29 is 19.4 Å². The molecule has 100 valence electrons. The third-order valence-corrected chi connectivity index (χ3v) is 3.70. The molecular weight excluding hydrogens is 254 g/mol. The highest BCUT2D eigenvalue weighted by Crippen LogP contribution is 2.22. The third-order valence-electron chi connectivity index (χ3n) is 2.56. The lowest BCUT2D eigenvalue weighted by Crippen LogP contribution is -2.37. The van der Waals surface area contributed by atoms with E-state index in [0.29, 0.717) is 11.5 Å². The standard InChI is InChI=1S/C12H17NO4S/c1-8-6-10(18-9(8)2)12(16)13(4-5-17-3)7-11(14)15/h6H,4-5,7H2,1-3H3,(H,14,15). The summed E-state index contributed by atoms with van der Waals surface area (Å²) in [6.45, 7) is 4.16. The van der Waals surface area contributed by atoms with Crippen LogP contribution >= 0.6 is 11.3 Å². The fraction of sp³-hybridized carbons (Fsp3) is 0.500. The van der Waals surface area contributed by atoms with Crippen molar-refractivity contribution in [1.29, 1.82) is 0 Å². The molecule has 0 aliphatic heterocycles. The second kappa shape index (κ2) is 6.51. The van der Waals surface area contributed by atoms with E-state index in [1.807, 2.05) is 13.8 Å². The van der Waals surface area contributed by atoms with Crippen LogP contribution in [0.4, 0.5) is 0 Å². The minimum atomic E-state index is -1.02. The first-order valence-electron chi connectivity index (χ1n) is 5.52. The Morgan fingerprint density at radius 1 is 1.44 bits per heavy atom. The number of hydrogen-bond donors (Lipinski definition) is 1. The van der Waals surface area contributed by atoms with Gasteiger partial charge in [-0.1, -0.05) is 0 Å². The van der Waals surface area contributed by atoms with Crippen molar-refractivity contribution in [2.45, 2.75) is 13.8 Å². The molecule has 0 atom stereocenters. The normalized spacial score (nSPS) is 10.4. The number of nitrogens with zero attached hydrogens (tertiary/aromatic N) is 1. The maximum absolute atomic E-state index is 12.2. The quantitative estimate of drug-likeness (QED) is 0.852. The van der Waals surface area contributed by atoms with Crippen LogP contribution in [-0.4, -0.2) is 48.7 Å². The largest absolute Gasteiger partial charge is 0.480 e. The highest BCUT2D eigenvalue weighted by atomic mass is 32.1. The number of methoxy groups -OCH3 is 1. The number of hydrogen-bond acceptors (Lipinski definition) is 4. The summed E-state index contributed by atoms with van der Waals surface area (Å²) in [7, 11) is 1.52. The molecule has 0 aromatic carbocycles. The topological polar surface area (TPSA) is 66.8 Å². The van der Waals surface area contributed by atoms with Gasteiger partial charge in [0.2, 0.25) is 0 Å². The fourth-order valence-corrected chi connectivity index (χ4v) is 2.45. The van der Waals surface area contributed by atoms with Gasteiger partial charge in [0.1, 0.15) is 6.54 Å². The van der Waals surface area contributed by atoms with Crippen molar-refractivity contribution in [3.63, 3.8) is 0 Å². The Bertz CT molecular complexity index is 422. The van der Waals surface area contributed by atoms with Crippen LogP contribution in [0.25, 0.3) is 0 Å². The Morgan fingerprint density at radius 2 is 2.11 bits per heavy atom. The van der Waals surface area contributed by atoms with E-state index in [0.717, 1.165) is 10.4 Å². The number of amides is 1. The lowest BCUT2D eigenvalue weighted by molar-refractivity contribution is -0.137. The minimum absolute atomic E-state index is 0.254. The predicted molar refractivity (Wildman–Crippen MR) is 69.2 cm³/mol. The average Bonchev–Trinajstić information content (AvgIpc) is 2.63. The van der Waals surface area contributed by atoms with Gasteiger partial charge in [-0.2, -0.15) is 0 Å². The molecule has 0 saturated carbocycles. The number of thiophene rings is 1. The van der Waals surface area contributed by atoms with Crippen LogP contribution in [0.5, 0.6) is 0 Å². The van der Waals surface area contributed by atoms with Gasteiger partial charge in [-0.15, -0.1) is 11.3 Å². The molecule has 0 aliphatic rings. The van der Waals surface area contributed by atoms with Gasteiger partial charge in [0.15, 0.2) is 0 Å². The summed E-state index contributed by atoms with van der Waals surface area (Å²) in [4.78, 5) is 25.8. The lowest BCUT2D eigenvalue weighted by Gasteiger charge is -2.19. The minimum Gasteiger partial charge on any atom is -0.480 e. The molecule has 1 heterocycles. The molecule has 0 bridgehead atoms. The Kier molecular flexibility index (Phi) is 5.30. The van der Waals surface area contributed by atoms with Crippen molar-refractivity contribution in [2.75, 3.05) is 26.8 Å². The van der Waals surface area contributed by atoms with Crippen LogP contribution in [0.15, 0.2) is 6.07 Å². The van der Waals surface area contributed by atoms with Crippen molar-refractivity contribution in [3.05, 3.63) is 21.4 Å². The highest BCUT2D eigenvalue weighted by Gasteiger charge is 2.20. The fourth-order valence-electron chi connectivity index (χ4n) is 1.45. The van der Waals surface area contributed by atoms with Crippen LogP contribution < -0.4 is 0 Å². The van der Waals surface area contributed by atoms with Gasteiger partial charge in [0, 0.05) is 18.5 Å². The van der Waals surface area contributed by atoms with Crippen LogP contribution in [0, 0.1) is 13.8 Å². The zero-order valence-corrected chi connectivity index (χ0v) is 11.5. The van der Waals surface area contributed by atoms with Crippen LogP contribution in [-0.2, 0) is 9.53 Å². The van der Waals surface area contributed by atoms with Crippen LogP contribution in [0.1, 0.15) is 20.1 Å². The molecule has 1 aromatic heterocycles. The number of carboxylic acid groups (broad SMARTS) is 1. The number of ether oxygens (including phenoxy) is 1. The first-order chi connectivity index (χ1) is 8.45. The van der Waals surface area contributed by atoms with Gasteiger partial charge in [0.25, 0.3) is 5.91 Å². The second-order valence-electron chi connectivity index (χ2n) is 3.96. The van der Waals surface area contributed by atoms with E-state index in [2.05, 4.69) is 0 Å².